The number of likely N-dealkylation sites (N-methyl/N-ethyl adjacent to an activating group) is 1. The lowest BCUT2D eigenvalue weighted by Crippen LogP contribution is -2.44. The lowest BCUT2D eigenvalue weighted by atomic mass is 10.0. The summed E-state index contributed by atoms with van der Waals surface area (Å²) >= 11 is 0. The normalized spacial score (nSPS) is 13.4. The highest BCUT2D eigenvalue weighted by atomic mass is 16.7. The molecule has 0 amide bonds. The highest BCUT2D eigenvalue weighted by Gasteiger charge is 2.22. The molecule has 76 heavy (non-hydrogen) atoms. The van der Waals surface area contributed by atoms with Crippen LogP contribution in [0.25, 0.3) is 0 Å². The van der Waals surface area contributed by atoms with Crippen molar-refractivity contribution in [2.24, 2.45) is 0 Å². The molecule has 0 bridgehead atoms. The summed E-state index contributed by atoms with van der Waals surface area (Å²) in [4.78, 5) is 37.3. The molecule has 9 heteroatoms. The van der Waals surface area contributed by atoms with E-state index in [4.69, 9.17) is 18.9 Å². The third-order valence-electron chi connectivity index (χ3n) is 13.1. The Morgan fingerprint density at radius 3 is 1.12 bits per heavy atom. The van der Waals surface area contributed by atoms with E-state index in [9.17, 15) is 19.5 Å². The molecule has 0 aromatic heterocycles. The van der Waals surface area contributed by atoms with Crippen molar-refractivity contribution in [1.29, 1.82) is 0 Å². The minimum Gasteiger partial charge on any atom is -0.545 e. The van der Waals surface area contributed by atoms with Crippen LogP contribution in [0, 0.1) is 0 Å². The van der Waals surface area contributed by atoms with Gasteiger partial charge < -0.3 is 33.3 Å². The predicted molar refractivity (Wildman–Crippen MR) is 320 cm³/mol. The molecular formula is C67H115NO8. The van der Waals surface area contributed by atoms with E-state index < -0.39 is 24.3 Å². The molecule has 0 saturated heterocycles. The number of carbonyl (C=O) groups excluding carboxylic acids is 3. The van der Waals surface area contributed by atoms with Crippen LogP contribution in [0.5, 0.6) is 0 Å². The van der Waals surface area contributed by atoms with E-state index in [1.165, 1.54) is 109 Å². The van der Waals surface area contributed by atoms with Crippen molar-refractivity contribution in [2.75, 3.05) is 47.5 Å². The highest BCUT2D eigenvalue weighted by Crippen LogP contribution is 2.16. The van der Waals surface area contributed by atoms with Crippen LogP contribution in [-0.2, 0) is 33.3 Å². The van der Waals surface area contributed by atoms with Crippen molar-refractivity contribution in [3.8, 4) is 0 Å². The molecule has 0 aromatic carbocycles. The molecule has 9 nitrogen and oxygen atoms in total. The zero-order chi connectivity index (χ0) is 55.5. The molecule has 2 atom stereocenters. The molecule has 0 heterocycles. The van der Waals surface area contributed by atoms with E-state index >= 15 is 0 Å². The molecule has 2 unspecified atom stereocenters. The van der Waals surface area contributed by atoms with Crippen LogP contribution in [0.15, 0.2) is 97.2 Å². The van der Waals surface area contributed by atoms with E-state index in [-0.39, 0.29) is 38.6 Å². The zero-order valence-corrected chi connectivity index (χ0v) is 49.6. The maximum Gasteiger partial charge on any atom is 0.306 e. The quantitative estimate of drug-likeness (QED) is 0.0195. The summed E-state index contributed by atoms with van der Waals surface area (Å²) in [6.07, 6.45) is 74.8. The number of esters is 2. The van der Waals surface area contributed by atoms with Crippen molar-refractivity contribution in [3.63, 3.8) is 0 Å². The van der Waals surface area contributed by atoms with E-state index in [2.05, 4.69) is 111 Å². The standard InChI is InChI=1S/C67H115NO8/c1-6-8-10-12-14-16-18-20-22-23-24-25-26-27-28-29-30-31-32-33-34-35-36-37-38-39-40-41-42-43-44-46-48-50-52-54-56-58-65(70)76-63(62-75-67(66(71)72)73-60-59-68(3,4)5)61-74-64(69)57-55-53-51-49-47-45-21-19-17-15-13-11-9-7-2/h8,10,13-16,19-22,24-25,27-28,30-31,63,67H,6-7,9,11-12,17-18,23,26,29,32-62H2,1-5H3/b10-8-,15-13-,16-14-,21-19-,22-20-,25-24-,28-27-,31-30-. The Kier molecular flexibility index (Phi) is 54.5. The van der Waals surface area contributed by atoms with Crippen LogP contribution in [0.2, 0.25) is 0 Å². The van der Waals surface area contributed by atoms with E-state index in [1.807, 2.05) is 21.1 Å². The summed E-state index contributed by atoms with van der Waals surface area (Å²) in [7, 11) is 5.92. The molecule has 0 aromatic rings. The second kappa shape index (κ2) is 57.4. The van der Waals surface area contributed by atoms with Crippen LogP contribution < -0.4 is 5.11 Å². The third-order valence-corrected chi connectivity index (χ3v) is 13.1. The molecule has 0 spiro atoms. The molecular weight excluding hydrogens is 947 g/mol. The number of unbranched alkanes of at least 4 members (excludes halogenated alkanes) is 25. The first-order chi connectivity index (χ1) is 37.1. The molecule has 0 N–H and O–H groups in total. The van der Waals surface area contributed by atoms with Gasteiger partial charge in [0.05, 0.1) is 40.3 Å². The number of nitrogens with zero attached hydrogens (tertiary/aromatic N) is 1. The lowest BCUT2D eigenvalue weighted by molar-refractivity contribution is -0.870. The molecule has 0 aliphatic carbocycles. The fourth-order valence-electron chi connectivity index (χ4n) is 8.32. The first-order valence-electron chi connectivity index (χ1n) is 30.9. The topological polar surface area (TPSA) is 111 Å². The number of carboxylic acids is 1. The van der Waals surface area contributed by atoms with Crippen LogP contribution in [-0.4, -0.2) is 82.3 Å². The number of allylic oxidation sites excluding steroid dienone is 16. The van der Waals surface area contributed by atoms with Crippen LogP contribution in [0.1, 0.15) is 251 Å². The molecule has 0 fully saturated rings. The Hall–Kier alpha value is -3.79. The van der Waals surface area contributed by atoms with Gasteiger partial charge in [0.25, 0.3) is 0 Å². The van der Waals surface area contributed by atoms with Crippen LogP contribution >= 0.6 is 0 Å². The fourth-order valence-corrected chi connectivity index (χ4v) is 8.32. The van der Waals surface area contributed by atoms with Crippen molar-refractivity contribution in [1.82, 2.24) is 0 Å². The third kappa shape index (κ3) is 57.9. The minimum atomic E-state index is -1.63. The Morgan fingerprint density at radius 1 is 0.408 bits per heavy atom. The van der Waals surface area contributed by atoms with Gasteiger partial charge in [-0.25, -0.2) is 0 Å². The number of ether oxygens (including phenoxy) is 4. The lowest BCUT2D eigenvalue weighted by Gasteiger charge is -2.26. The van der Waals surface area contributed by atoms with E-state index in [0.29, 0.717) is 17.4 Å². The number of aliphatic carboxylic acids is 1. The first-order valence-corrected chi connectivity index (χ1v) is 30.9. The van der Waals surface area contributed by atoms with Crippen LogP contribution in [0.4, 0.5) is 0 Å². The Morgan fingerprint density at radius 2 is 0.750 bits per heavy atom. The number of hydrogen-bond donors (Lipinski definition) is 0. The van der Waals surface area contributed by atoms with Gasteiger partial charge in [-0.15, -0.1) is 0 Å². The molecule has 0 rings (SSSR count). The van der Waals surface area contributed by atoms with Gasteiger partial charge in [-0.1, -0.05) is 246 Å². The smallest absolute Gasteiger partial charge is 0.306 e. The highest BCUT2D eigenvalue weighted by molar-refractivity contribution is 5.70. The van der Waals surface area contributed by atoms with Crippen molar-refractivity contribution >= 4 is 17.9 Å². The summed E-state index contributed by atoms with van der Waals surface area (Å²) in [5.41, 5.74) is 0. The Bertz CT molecular complexity index is 1570. The van der Waals surface area contributed by atoms with Crippen LogP contribution in [0.3, 0.4) is 0 Å². The van der Waals surface area contributed by atoms with Gasteiger partial charge >= 0.3 is 11.9 Å². The maximum absolute atomic E-state index is 12.9. The summed E-state index contributed by atoms with van der Waals surface area (Å²) in [6.45, 7) is 4.58. The number of quaternary nitrogens is 1. The molecule has 0 radical (unpaired) electrons. The van der Waals surface area contributed by atoms with Crippen molar-refractivity contribution in [3.05, 3.63) is 97.2 Å². The number of hydrogen-bond acceptors (Lipinski definition) is 8. The van der Waals surface area contributed by atoms with Gasteiger partial charge in [0.2, 0.25) is 0 Å². The molecule has 0 aliphatic heterocycles. The van der Waals surface area contributed by atoms with Gasteiger partial charge in [-0.2, -0.15) is 0 Å². The van der Waals surface area contributed by atoms with E-state index in [0.717, 1.165) is 109 Å². The first kappa shape index (κ1) is 72.2. The Balaban J connectivity index is 4.06. The maximum atomic E-state index is 12.9. The fraction of sp³-hybridized carbons (Fsp3) is 0.716. The largest absolute Gasteiger partial charge is 0.545 e. The average molecular weight is 1060 g/mol. The van der Waals surface area contributed by atoms with Gasteiger partial charge in [0.1, 0.15) is 13.2 Å². The second-order valence-electron chi connectivity index (χ2n) is 21.6. The van der Waals surface area contributed by atoms with Gasteiger partial charge in [-0.05, 0) is 89.9 Å². The molecule has 436 valence electrons. The summed E-state index contributed by atoms with van der Waals surface area (Å²) in [5.74, 6) is -2.30. The summed E-state index contributed by atoms with van der Waals surface area (Å²) in [5, 5.41) is 11.8. The molecule has 0 aliphatic rings. The Labute approximate surface area is 467 Å². The predicted octanol–water partition coefficient (Wildman–Crippen LogP) is 17.2. The summed E-state index contributed by atoms with van der Waals surface area (Å²) < 4.78 is 22.7. The van der Waals surface area contributed by atoms with Gasteiger partial charge in [0, 0.05) is 12.8 Å². The molecule has 0 saturated carbocycles. The van der Waals surface area contributed by atoms with Gasteiger partial charge in [-0.3, -0.25) is 9.59 Å². The van der Waals surface area contributed by atoms with Crippen molar-refractivity contribution in [2.45, 2.75) is 264 Å². The number of carboxylic acid groups (broad SMARTS) is 1. The number of rotatable bonds is 56. The monoisotopic (exact) mass is 1060 g/mol. The van der Waals surface area contributed by atoms with Gasteiger partial charge in [0.15, 0.2) is 12.4 Å². The average Bonchev–Trinajstić information content (AvgIpc) is 3.39. The second-order valence-corrected chi connectivity index (χ2v) is 21.6. The zero-order valence-electron chi connectivity index (χ0n) is 49.6. The van der Waals surface area contributed by atoms with Crippen molar-refractivity contribution < 1.29 is 42.9 Å². The van der Waals surface area contributed by atoms with E-state index in [1.54, 1.807) is 0 Å². The SMILES string of the molecule is CC/C=C\C/C=C\C/C=C\C/C=C\C/C=C\C/C=C\CCCCCCCCCCCCCCCCCCCCC(=O)OC(COC(=O)CCCCCCC/C=C\C/C=C\CCCC)COC(OCC[N+](C)(C)C)C(=O)[O-]. The summed E-state index contributed by atoms with van der Waals surface area (Å²) in [6, 6.07) is 0. The number of carbonyl (C=O) groups is 3. The minimum absolute atomic E-state index is 0.143.